The van der Waals surface area contributed by atoms with Crippen molar-refractivity contribution < 1.29 is 33.1 Å². The van der Waals surface area contributed by atoms with E-state index in [2.05, 4.69) is 13.8 Å². The van der Waals surface area contributed by atoms with Crippen LogP contribution in [0.25, 0.3) is 0 Å². The molecule has 0 fully saturated rings. The molecule has 1 atom stereocenters. The van der Waals surface area contributed by atoms with Crippen LogP contribution in [0.1, 0.15) is 42.6 Å². The molecule has 0 saturated heterocycles. The Kier molecular flexibility index (Phi) is 10.4. The molecule has 0 aliphatic rings. The summed E-state index contributed by atoms with van der Waals surface area (Å²) in [6.45, 7) is 7.28. The van der Waals surface area contributed by atoms with E-state index in [-0.39, 0.29) is 33.0 Å². The van der Waals surface area contributed by atoms with Crippen molar-refractivity contribution in [2.24, 2.45) is 0 Å². The van der Waals surface area contributed by atoms with E-state index in [1.165, 1.54) is 0 Å². The van der Waals surface area contributed by atoms with Crippen molar-refractivity contribution in [3.8, 4) is 11.5 Å². The molecule has 2 aromatic rings. The molecule has 6 heteroatoms. The molecule has 1 unspecified atom stereocenters. The van der Waals surface area contributed by atoms with E-state index in [1.807, 2.05) is 37.3 Å². The van der Waals surface area contributed by atoms with E-state index in [9.17, 15) is 4.79 Å². The van der Waals surface area contributed by atoms with Crippen LogP contribution in [-0.4, -0.2) is 18.7 Å². The Labute approximate surface area is 174 Å². The maximum absolute atomic E-state index is 12.8. The van der Waals surface area contributed by atoms with Crippen LogP contribution in [0.2, 0.25) is 5.02 Å². The maximum Gasteiger partial charge on any atom is 1.00 e. The van der Waals surface area contributed by atoms with Gasteiger partial charge in [0, 0.05) is 16.9 Å². The minimum atomic E-state index is -0.0466. The van der Waals surface area contributed by atoms with Crippen molar-refractivity contribution in [2.75, 3.05) is 13.2 Å². The summed E-state index contributed by atoms with van der Waals surface area (Å²) in [7, 11) is -0.0466. The van der Waals surface area contributed by atoms with Gasteiger partial charge in [0.2, 0.25) is 0 Å². The second kappa shape index (κ2) is 11.7. The van der Waals surface area contributed by atoms with Crippen LogP contribution in [0.3, 0.4) is 0 Å². The minimum absolute atomic E-state index is 0. The Morgan fingerprint density at radius 2 is 1.77 bits per heavy atom. The first-order chi connectivity index (χ1) is 12.1. The smallest absolute Gasteiger partial charge is 0.493 e. The topological polar surface area (TPSA) is 35.5 Å². The molecule has 0 radical (unpaired) electrons. The number of carbonyl (C=O) groups is 1. The molecule has 3 nitrogen and oxygen atoms in total. The molecule has 134 valence electrons. The zero-order valence-corrected chi connectivity index (χ0v) is 17.7. The van der Waals surface area contributed by atoms with Gasteiger partial charge in [-0.3, -0.25) is 4.79 Å². The average Bonchev–Trinajstić information content (AvgIpc) is 2.59. The van der Waals surface area contributed by atoms with E-state index >= 15 is 0 Å². The third kappa shape index (κ3) is 6.33. The number of carbonyl (C=O) groups excluding carboxylic acids is 1. The van der Waals surface area contributed by atoms with Gasteiger partial charge in [-0.05, 0) is 52.1 Å². The summed E-state index contributed by atoms with van der Waals surface area (Å²) in [4.78, 5) is 12.8. The molecule has 0 N–H and O–H groups in total. The fraction of sp³-hybridized carbons (Fsp3) is 0.350. The predicted molar refractivity (Wildman–Crippen MR) is 106 cm³/mol. The molecule has 0 aliphatic heterocycles. The van der Waals surface area contributed by atoms with Crippen LogP contribution < -0.4 is 33.6 Å². The molecular weight excluding hydrogens is 362 g/mol. The molecule has 2 rings (SSSR count). The molecule has 0 amide bonds. The number of halogens is 1. The molecule has 26 heavy (non-hydrogen) atoms. The largest absolute Gasteiger partial charge is 1.00 e. The standard InChI is InChI=1S/C20H24ClO3P.Li/c1-4-11-23-15-9-10-18(17(13-15)24-12-5-2)25-20(22)19-14(3)7-6-8-16(19)21;/h6-10,13,25H,4-5,11-12H2,1-3H3;/q;+1. The maximum atomic E-state index is 12.8. The van der Waals surface area contributed by atoms with Crippen molar-refractivity contribution in [1.82, 2.24) is 0 Å². The quantitative estimate of drug-likeness (QED) is 0.491. The number of rotatable bonds is 9. The minimum Gasteiger partial charge on any atom is -0.493 e. The first-order valence-corrected chi connectivity index (χ1v) is 9.90. The van der Waals surface area contributed by atoms with Gasteiger partial charge in [-0.1, -0.05) is 37.6 Å². The van der Waals surface area contributed by atoms with Gasteiger partial charge >= 0.3 is 18.9 Å². The van der Waals surface area contributed by atoms with Crippen LogP contribution in [0.5, 0.6) is 11.5 Å². The van der Waals surface area contributed by atoms with Crippen molar-refractivity contribution >= 4 is 31.0 Å². The van der Waals surface area contributed by atoms with Crippen molar-refractivity contribution in [2.45, 2.75) is 33.6 Å². The average molecular weight is 386 g/mol. The predicted octanol–water partition coefficient (Wildman–Crippen LogP) is 2.37. The summed E-state index contributed by atoms with van der Waals surface area (Å²) in [6.07, 6.45) is 1.85. The van der Waals surface area contributed by atoms with E-state index in [4.69, 9.17) is 21.1 Å². The van der Waals surface area contributed by atoms with Gasteiger partial charge < -0.3 is 9.47 Å². The third-order valence-corrected chi connectivity index (χ3v) is 5.06. The summed E-state index contributed by atoms with van der Waals surface area (Å²) in [5.74, 6) is 1.48. The van der Waals surface area contributed by atoms with Crippen LogP contribution in [0.4, 0.5) is 0 Å². The van der Waals surface area contributed by atoms with Crippen molar-refractivity contribution in [3.63, 3.8) is 0 Å². The Morgan fingerprint density at radius 3 is 2.42 bits per heavy atom. The summed E-state index contributed by atoms with van der Waals surface area (Å²) >= 11 is 6.23. The van der Waals surface area contributed by atoms with Crippen LogP contribution in [0, 0.1) is 6.92 Å². The van der Waals surface area contributed by atoms with Gasteiger partial charge in [-0.25, -0.2) is 0 Å². The molecule has 0 heterocycles. The van der Waals surface area contributed by atoms with Gasteiger partial charge in [0.1, 0.15) is 11.5 Å². The zero-order chi connectivity index (χ0) is 18.2. The van der Waals surface area contributed by atoms with Gasteiger partial charge in [0.05, 0.1) is 18.2 Å². The Balaban J connectivity index is 0.00000338. The SMILES string of the molecule is CCCOc1ccc(PC(=O)c2c(C)cccc2Cl)c(OCCC)c1.[Li+]. The van der Waals surface area contributed by atoms with E-state index in [0.717, 1.165) is 29.5 Å². The van der Waals surface area contributed by atoms with Crippen LogP contribution in [0.15, 0.2) is 36.4 Å². The number of ether oxygens (including phenoxy) is 2. The summed E-state index contributed by atoms with van der Waals surface area (Å²) < 4.78 is 11.5. The molecular formula is C20H24ClLiO3P+. The fourth-order valence-corrected chi connectivity index (χ4v) is 3.87. The molecule has 0 spiro atoms. The zero-order valence-electron chi connectivity index (χ0n) is 15.9. The summed E-state index contributed by atoms with van der Waals surface area (Å²) in [6, 6.07) is 11.2. The number of hydrogen-bond acceptors (Lipinski definition) is 3. The van der Waals surface area contributed by atoms with Crippen molar-refractivity contribution in [3.05, 3.63) is 52.5 Å². The monoisotopic (exact) mass is 385 g/mol. The van der Waals surface area contributed by atoms with Gasteiger partial charge in [0.25, 0.3) is 0 Å². The normalized spacial score (nSPS) is 10.6. The number of hydrogen-bond donors (Lipinski definition) is 0. The van der Waals surface area contributed by atoms with Crippen LogP contribution in [-0.2, 0) is 0 Å². The van der Waals surface area contributed by atoms with E-state index in [0.29, 0.717) is 29.5 Å². The first kappa shape index (κ1) is 23.1. The van der Waals surface area contributed by atoms with Gasteiger partial charge in [0.15, 0.2) is 5.52 Å². The number of benzene rings is 2. The second-order valence-corrected chi connectivity index (χ2v) is 7.39. The third-order valence-electron chi connectivity index (χ3n) is 3.58. The van der Waals surface area contributed by atoms with Gasteiger partial charge in [-0.15, -0.1) is 0 Å². The summed E-state index contributed by atoms with van der Waals surface area (Å²) in [5.41, 5.74) is 1.51. The summed E-state index contributed by atoms with van der Waals surface area (Å²) in [5, 5.41) is 1.37. The van der Waals surface area contributed by atoms with E-state index < -0.39 is 0 Å². The first-order valence-electron chi connectivity index (χ1n) is 8.52. The molecule has 0 bridgehead atoms. The second-order valence-electron chi connectivity index (χ2n) is 5.74. The van der Waals surface area contributed by atoms with E-state index in [1.54, 1.807) is 6.07 Å². The Hall–Kier alpha value is -0.973. The molecule has 0 aromatic heterocycles. The molecule has 0 saturated carbocycles. The Bertz CT molecular complexity index is 717. The molecule has 0 aliphatic carbocycles. The molecule has 2 aromatic carbocycles. The van der Waals surface area contributed by atoms with Gasteiger partial charge in [-0.2, -0.15) is 0 Å². The van der Waals surface area contributed by atoms with Crippen molar-refractivity contribution in [1.29, 1.82) is 0 Å². The van der Waals surface area contributed by atoms with Crippen LogP contribution >= 0.6 is 20.2 Å². The number of aryl methyl sites for hydroxylation is 1. The Morgan fingerprint density at radius 1 is 1.08 bits per heavy atom. The fourth-order valence-electron chi connectivity index (χ4n) is 2.35.